The Labute approximate surface area is 201 Å². The van der Waals surface area contributed by atoms with Crippen molar-refractivity contribution in [3.63, 3.8) is 0 Å². The molecule has 1 heterocycles. The first-order valence-electron chi connectivity index (χ1n) is 11.0. The molecule has 3 amide bonds. The molecule has 0 atom stereocenters. The van der Waals surface area contributed by atoms with Crippen LogP contribution in [0.2, 0.25) is 0 Å². The zero-order valence-electron chi connectivity index (χ0n) is 19.0. The first kappa shape index (κ1) is 23.5. The Morgan fingerprint density at radius 3 is 2.37 bits per heavy atom. The average Bonchev–Trinajstić information content (AvgIpc) is 3.12. The molecule has 0 unspecified atom stereocenters. The number of nitro groups is 1. The van der Waals surface area contributed by atoms with Gasteiger partial charge in [-0.15, -0.1) is 0 Å². The van der Waals surface area contributed by atoms with Gasteiger partial charge in [0.25, 0.3) is 11.6 Å². The van der Waals surface area contributed by atoms with E-state index in [-0.39, 0.29) is 24.5 Å². The second kappa shape index (κ2) is 10.5. The molecule has 9 heteroatoms. The van der Waals surface area contributed by atoms with Crippen LogP contribution in [0.15, 0.2) is 78.5 Å². The molecule has 1 aliphatic heterocycles. The second-order valence-corrected chi connectivity index (χ2v) is 7.72. The fraction of sp³-hybridized carbons (Fsp3) is 0.154. The Bertz CT molecular complexity index is 1270. The van der Waals surface area contributed by atoms with Gasteiger partial charge in [0, 0.05) is 12.1 Å². The maximum Gasteiger partial charge on any atom is 0.329 e. The standard InChI is InChI=1S/C26H23N3O6/c1-2-34-24-15-20(10-13-23(24)35-17-19-8-11-21(12-9-19)29(32)33)14-22-25(30)28(26(31)27-22)16-18-6-4-3-5-7-18/h3-15H,2,16-17H2,1H3,(H,27,31)/b22-14+. The number of nitrogens with one attached hydrogen (secondary N) is 1. The first-order valence-corrected chi connectivity index (χ1v) is 11.0. The van der Waals surface area contributed by atoms with Gasteiger partial charge in [-0.05, 0) is 54.0 Å². The number of hydrogen-bond acceptors (Lipinski definition) is 6. The van der Waals surface area contributed by atoms with E-state index in [1.54, 1.807) is 36.4 Å². The first-order chi connectivity index (χ1) is 16.9. The molecule has 1 aliphatic rings. The Morgan fingerprint density at radius 2 is 1.69 bits per heavy atom. The summed E-state index contributed by atoms with van der Waals surface area (Å²) < 4.78 is 11.6. The lowest BCUT2D eigenvalue weighted by atomic mass is 10.1. The van der Waals surface area contributed by atoms with Gasteiger partial charge in [0.05, 0.1) is 18.1 Å². The monoisotopic (exact) mass is 473 g/mol. The van der Waals surface area contributed by atoms with Gasteiger partial charge >= 0.3 is 6.03 Å². The number of urea groups is 1. The third-order valence-electron chi connectivity index (χ3n) is 5.27. The minimum absolute atomic E-state index is 0.0111. The third-order valence-corrected chi connectivity index (χ3v) is 5.27. The molecule has 0 radical (unpaired) electrons. The predicted molar refractivity (Wildman–Crippen MR) is 129 cm³/mol. The van der Waals surface area contributed by atoms with Crippen molar-refractivity contribution in [1.82, 2.24) is 10.2 Å². The van der Waals surface area contributed by atoms with Crippen molar-refractivity contribution < 1.29 is 24.0 Å². The molecule has 1 fully saturated rings. The van der Waals surface area contributed by atoms with Gasteiger partial charge in [0.15, 0.2) is 11.5 Å². The van der Waals surface area contributed by atoms with E-state index in [1.165, 1.54) is 12.1 Å². The van der Waals surface area contributed by atoms with E-state index in [4.69, 9.17) is 9.47 Å². The van der Waals surface area contributed by atoms with E-state index in [2.05, 4.69) is 5.32 Å². The highest BCUT2D eigenvalue weighted by molar-refractivity contribution is 6.13. The summed E-state index contributed by atoms with van der Waals surface area (Å²) in [6.07, 6.45) is 1.59. The van der Waals surface area contributed by atoms with Crippen molar-refractivity contribution >= 4 is 23.7 Å². The smallest absolute Gasteiger partial charge is 0.329 e. The summed E-state index contributed by atoms with van der Waals surface area (Å²) in [7, 11) is 0. The molecule has 1 N–H and O–H groups in total. The summed E-state index contributed by atoms with van der Waals surface area (Å²) >= 11 is 0. The molecule has 9 nitrogen and oxygen atoms in total. The topological polar surface area (TPSA) is 111 Å². The number of imide groups is 1. The van der Waals surface area contributed by atoms with Crippen LogP contribution in [-0.2, 0) is 17.9 Å². The fourth-order valence-corrected chi connectivity index (χ4v) is 3.52. The quantitative estimate of drug-likeness (QED) is 0.209. The molecule has 4 rings (SSSR count). The molecule has 3 aromatic carbocycles. The van der Waals surface area contributed by atoms with Crippen LogP contribution in [0.4, 0.5) is 10.5 Å². The molecule has 0 aromatic heterocycles. The summed E-state index contributed by atoms with van der Waals surface area (Å²) in [6, 6.07) is 20.1. The van der Waals surface area contributed by atoms with E-state index in [9.17, 15) is 19.7 Å². The number of amides is 3. The predicted octanol–water partition coefficient (Wildman–Crippen LogP) is 4.67. The highest BCUT2D eigenvalue weighted by Gasteiger charge is 2.33. The summed E-state index contributed by atoms with van der Waals surface area (Å²) in [5, 5.41) is 13.4. The number of non-ortho nitro benzene ring substituents is 1. The summed E-state index contributed by atoms with van der Waals surface area (Å²) in [5.41, 5.74) is 2.46. The highest BCUT2D eigenvalue weighted by atomic mass is 16.6. The van der Waals surface area contributed by atoms with Crippen molar-refractivity contribution in [2.75, 3.05) is 6.61 Å². The van der Waals surface area contributed by atoms with Gasteiger partial charge in [-0.2, -0.15) is 0 Å². The number of carbonyl (C=O) groups excluding carboxylic acids is 2. The lowest BCUT2D eigenvalue weighted by molar-refractivity contribution is -0.384. The zero-order chi connectivity index (χ0) is 24.8. The van der Waals surface area contributed by atoms with Crippen molar-refractivity contribution in [2.45, 2.75) is 20.1 Å². The zero-order valence-corrected chi connectivity index (χ0v) is 19.0. The van der Waals surface area contributed by atoms with Crippen LogP contribution >= 0.6 is 0 Å². The number of benzene rings is 3. The van der Waals surface area contributed by atoms with Crippen molar-refractivity contribution in [3.8, 4) is 11.5 Å². The normalized spacial score (nSPS) is 14.2. The van der Waals surface area contributed by atoms with Crippen molar-refractivity contribution in [3.05, 3.63) is 105 Å². The summed E-state index contributed by atoms with van der Waals surface area (Å²) in [4.78, 5) is 36.7. The minimum Gasteiger partial charge on any atom is -0.490 e. The molecule has 35 heavy (non-hydrogen) atoms. The summed E-state index contributed by atoms with van der Waals surface area (Å²) in [5.74, 6) is 0.553. The van der Waals surface area contributed by atoms with Crippen LogP contribution in [0, 0.1) is 10.1 Å². The van der Waals surface area contributed by atoms with E-state index in [0.29, 0.717) is 23.7 Å². The van der Waals surface area contributed by atoms with Crippen LogP contribution in [0.5, 0.6) is 11.5 Å². The highest BCUT2D eigenvalue weighted by Crippen LogP contribution is 2.30. The minimum atomic E-state index is -0.474. The second-order valence-electron chi connectivity index (χ2n) is 7.72. The van der Waals surface area contributed by atoms with Gasteiger partial charge in [0.2, 0.25) is 0 Å². The molecule has 3 aromatic rings. The fourth-order valence-electron chi connectivity index (χ4n) is 3.52. The average molecular weight is 473 g/mol. The lowest BCUT2D eigenvalue weighted by Gasteiger charge is -2.13. The molecule has 0 bridgehead atoms. The van der Waals surface area contributed by atoms with E-state index in [0.717, 1.165) is 16.0 Å². The third kappa shape index (κ3) is 5.64. The Balaban J connectivity index is 1.48. The number of hydrogen-bond donors (Lipinski definition) is 1. The maximum atomic E-state index is 12.8. The number of ether oxygens (including phenoxy) is 2. The van der Waals surface area contributed by atoms with E-state index >= 15 is 0 Å². The number of rotatable bonds is 9. The molecular weight excluding hydrogens is 450 g/mol. The van der Waals surface area contributed by atoms with Gasteiger partial charge < -0.3 is 14.8 Å². The molecular formula is C26H23N3O6. The Morgan fingerprint density at radius 1 is 0.943 bits per heavy atom. The molecule has 0 saturated carbocycles. The largest absolute Gasteiger partial charge is 0.490 e. The van der Waals surface area contributed by atoms with E-state index in [1.807, 2.05) is 37.3 Å². The maximum absolute atomic E-state index is 12.8. The van der Waals surface area contributed by atoms with Crippen LogP contribution < -0.4 is 14.8 Å². The lowest BCUT2D eigenvalue weighted by Crippen LogP contribution is -2.30. The number of carbonyl (C=O) groups is 2. The molecule has 178 valence electrons. The van der Waals surface area contributed by atoms with E-state index < -0.39 is 16.9 Å². The van der Waals surface area contributed by atoms with Crippen LogP contribution in [0.1, 0.15) is 23.6 Å². The van der Waals surface area contributed by atoms with Gasteiger partial charge in [-0.25, -0.2) is 4.79 Å². The molecule has 0 spiro atoms. The Hall–Kier alpha value is -4.66. The molecule has 0 aliphatic carbocycles. The van der Waals surface area contributed by atoms with Crippen LogP contribution in [0.3, 0.4) is 0 Å². The molecule has 1 saturated heterocycles. The summed E-state index contributed by atoms with van der Waals surface area (Å²) in [6.45, 7) is 2.62. The van der Waals surface area contributed by atoms with Gasteiger partial charge in [0.1, 0.15) is 12.3 Å². The SMILES string of the molecule is CCOc1cc(/C=C2/NC(=O)N(Cc3ccccc3)C2=O)ccc1OCc1ccc([N+](=O)[O-])cc1. The van der Waals surface area contributed by atoms with Gasteiger partial charge in [-0.1, -0.05) is 36.4 Å². The van der Waals surface area contributed by atoms with Crippen molar-refractivity contribution in [1.29, 1.82) is 0 Å². The van der Waals surface area contributed by atoms with Crippen LogP contribution in [0.25, 0.3) is 6.08 Å². The Kier molecular flexibility index (Phi) is 7.06. The van der Waals surface area contributed by atoms with Crippen molar-refractivity contribution in [2.24, 2.45) is 0 Å². The van der Waals surface area contributed by atoms with Crippen LogP contribution in [-0.4, -0.2) is 28.4 Å². The number of nitrogens with zero attached hydrogens (tertiary/aromatic N) is 2. The number of nitro benzene ring substituents is 1. The van der Waals surface area contributed by atoms with Gasteiger partial charge in [-0.3, -0.25) is 19.8 Å².